The molecule has 3 aromatic rings. The van der Waals surface area contributed by atoms with Crippen molar-refractivity contribution in [2.24, 2.45) is 11.8 Å². The first-order valence-electron chi connectivity index (χ1n) is 10.5. The molecule has 1 unspecified atom stereocenters. The third-order valence-corrected chi connectivity index (χ3v) is 6.45. The van der Waals surface area contributed by atoms with Gasteiger partial charge in [0.15, 0.2) is 0 Å². The van der Waals surface area contributed by atoms with Crippen molar-refractivity contribution in [2.75, 3.05) is 18.4 Å². The van der Waals surface area contributed by atoms with E-state index < -0.39 is 0 Å². The Labute approximate surface area is 188 Å². The summed E-state index contributed by atoms with van der Waals surface area (Å²) in [5, 5.41) is 3.99. The van der Waals surface area contributed by atoms with Gasteiger partial charge in [0.05, 0.1) is 0 Å². The first kappa shape index (κ1) is 20.0. The molecule has 6 nitrogen and oxygen atoms in total. The molecule has 2 aliphatic rings. The summed E-state index contributed by atoms with van der Waals surface area (Å²) in [4.78, 5) is 34.8. The number of carbonyl (C=O) groups is 2. The molecule has 1 aromatic carbocycles. The lowest BCUT2D eigenvalue weighted by atomic mass is 9.89. The number of pyridine rings is 1. The van der Waals surface area contributed by atoms with Crippen molar-refractivity contribution in [2.45, 2.75) is 19.8 Å². The summed E-state index contributed by atoms with van der Waals surface area (Å²) in [6, 6.07) is 11.5. The number of fused-ring (bicyclic) bond motifs is 1. The summed E-state index contributed by atoms with van der Waals surface area (Å²) in [6.45, 7) is 3.31. The number of rotatable bonds is 4. The summed E-state index contributed by atoms with van der Waals surface area (Å²) < 4.78 is 0.895. The molecule has 0 radical (unpaired) electrons. The molecule has 1 saturated carbocycles. The molecule has 158 valence electrons. The van der Waals surface area contributed by atoms with Gasteiger partial charge in [-0.25, -0.2) is 4.98 Å². The topological polar surface area (TPSA) is 78.1 Å². The standard InChI is InChI=1S/C24H23BrN4O2/c1-14-13-29(24(31)16-3-2-4-17(25)11-16)10-8-18(14)20-12-21(28-23(30)15-5-6-15)27-22-19(20)7-9-26-22/h2-4,7-9,11-12,14-15H,5-6,10,13H2,1H3,(H2,26,27,28,30). The summed E-state index contributed by atoms with van der Waals surface area (Å²) in [5.74, 6) is 0.915. The summed E-state index contributed by atoms with van der Waals surface area (Å²) in [7, 11) is 0. The summed E-state index contributed by atoms with van der Waals surface area (Å²) in [5.41, 5.74) is 3.66. The molecular formula is C24H23BrN4O2. The predicted octanol–water partition coefficient (Wildman–Crippen LogP) is 4.85. The smallest absolute Gasteiger partial charge is 0.254 e. The number of benzene rings is 1. The largest absolute Gasteiger partial charge is 0.346 e. The van der Waals surface area contributed by atoms with E-state index in [0.717, 1.165) is 33.9 Å². The molecule has 3 heterocycles. The quantitative estimate of drug-likeness (QED) is 0.562. The van der Waals surface area contributed by atoms with E-state index in [2.05, 4.69) is 44.2 Å². The molecule has 0 bridgehead atoms. The van der Waals surface area contributed by atoms with Gasteiger partial charge in [0.1, 0.15) is 11.5 Å². The number of H-pyrrole nitrogens is 1. The van der Waals surface area contributed by atoms with Crippen LogP contribution in [0.15, 0.2) is 53.1 Å². The minimum absolute atomic E-state index is 0.0300. The molecular weight excluding hydrogens is 456 g/mol. The minimum Gasteiger partial charge on any atom is -0.346 e. The van der Waals surface area contributed by atoms with Gasteiger partial charge in [-0.05, 0) is 60.2 Å². The van der Waals surface area contributed by atoms with Gasteiger partial charge in [0.2, 0.25) is 5.91 Å². The lowest BCUT2D eigenvalue weighted by Gasteiger charge is -2.32. The molecule has 2 N–H and O–H groups in total. The van der Waals surface area contributed by atoms with Gasteiger partial charge in [0.25, 0.3) is 5.91 Å². The fraction of sp³-hybridized carbons (Fsp3) is 0.292. The fourth-order valence-corrected chi connectivity index (χ4v) is 4.57. The van der Waals surface area contributed by atoms with Crippen LogP contribution in [-0.2, 0) is 4.79 Å². The second kappa shape index (κ2) is 7.96. The second-order valence-corrected chi connectivity index (χ2v) is 9.26. The van der Waals surface area contributed by atoms with E-state index in [0.29, 0.717) is 24.5 Å². The van der Waals surface area contributed by atoms with Crippen molar-refractivity contribution in [3.8, 4) is 0 Å². The van der Waals surface area contributed by atoms with Crippen molar-refractivity contribution >= 4 is 50.2 Å². The average Bonchev–Trinajstić information content (AvgIpc) is 3.51. The Balaban J connectivity index is 1.44. The zero-order valence-electron chi connectivity index (χ0n) is 17.2. The van der Waals surface area contributed by atoms with Crippen LogP contribution in [-0.4, -0.2) is 39.8 Å². The predicted molar refractivity (Wildman–Crippen MR) is 125 cm³/mol. The third kappa shape index (κ3) is 4.02. The molecule has 31 heavy (non-hydrogen) atoms. The second-order valence-electron chi connectivity index (χ2n) is 8.34. The molecule has 0 saturated heterocycles. The first-order chi connectivity index (χ1) is 15.0. The monoisotopic (exact) mass is 478 g/mol. The van der Waals surface area contributed by atoms with E-state index >= 15 is 0 Å². The van der Waals surface area contributed by atoms with Crippen LogP contribution in [0.25, 0.3) is 16.6 Å². The van der Waals surface area contributed by atoms with Gasteiger partial charge in [-0.1, -0.05) is 35.0 Å². The molecule has 1 atom stereocenters. The number of amides is 2. The van der Waals surface area contributed by atoms with E-state index in [1.165, 1.54) is 5.57 Å². The maximum absolute atomic E-state index is 13.0. The van der Waals surface area contributed by atoms with Crippen LogP contribution in [0.1, 0.15) is 35.7 Å². The van der Waals surface area contributed by atoms with Crippen LogP contribution in [0, 0.1) is 11.8 Å². The highest BCUT2D eigenvalue weighted by Gasteiger charge is 2.30. The number of hydrogen-bond acceptors (Lipinski definition) is 3. The Morgan fingerprint density at radius 1 is 1.23 bits per heavy atom. The van der Waals surface area contributed by atoms with Gasteiger partial charge < -0.3 is 15.2 Å². The number of aromatic nitrogens is 2. The van der Waals surface area contributed by atoms with E-state index in [4.69, 9.17) is 0 Å². The molecule has 1 fully saturated rings. The molecule has 2 aromatic heterocycles. The summed E-state index contributed by atoms with van der Waals surface area (Å²) >= 11 is 3.44. The number of nitrogens with one attached hydrogen (secondary N) is 2. The van der Waals surface area contributed by atoms with Crippen LogP contribution in [0.5, 0.6) is 0 Å². The molecule has 2 amide bonds. The zero-order valence-corrected chi connectivity index (χ0v) is 18.8. The average molecular weight is 479 g/mol. The van der Waals surface area contributed by atoms with Gasteiger partial charge in [-0.15, -0.1) is 0 Å². The van der Waals surface area contributed by atoms with Crippen molar-refractivity contribution in [1.29, 1.82) is 0 Å². The Morgan fingerprint density at radius 3 is 2.81 bits per heavy atom. The normalized spacial score (nSPS) is 18.7. The van der Waals surface area contributed by atoms with Crippen molar-refractivity contribution in [3.05, 3.63) is 64.3 Å². The van der Waals surface area contributed by atoms with Crippen molar-refractivity contribution < 1.29 is 9.59 Å². The van der Waals surface area contributed by atoms with Gasteiger partial charge in [-0.3, -0.25) is 9.59 Å². The van der Waals surface area contributed by atoms with Gasteiger partial charge in [0, 0.05) is 40.6 Å². The van der Waals surface area contributed by atoms with E-state index in [1.807, 2.05) is 47.5 Å². The molecule has 1 aliphatic carbocycles. The van der Waals surface area contributed by atoms with Crippen LogP contribution < -0.4 is 5.32 Å². The number of carbonyl (C=O) groups excluding carboxylic acids is 2. The summed E-state index contributed by atoms with van der Waals surface area (Å²) in [6.07, 6.45) is 5.89. The number of aromatic amines is 1. The van der Waals surface area contributed by atoms with E-state index in [9.17, 15) is 9.59 Å². The third-order valence-electron chi connectivity index (χ3n) is 5.95. The minimum atomic E-state index is 0.0300. The SMILES string of the molecule is CC1CN(C(=O)c2cccc(Br)c2)CC=C1c1cc(NC(=O)C2CC2)nc2[nH]ccc12. The van der Waals surface area contributed by atoms with E-state index in [1.54, 1.807) is 0 Å². The van der Waals surface area contributed by atoms with Gasteiger partial charge in [-0.2, -0.15) is 0 Å². The molecule has 1 aliphatic heterocycles. The number of anilines is 1. The molecule has 5 rings (SSSR count). The number of halogens is 1. The van der Waals surface area contributed by atoms with Crippen molar-refractivity contribution in [1.82, 2.24) is 14.9 Å². The first-order valence-corrected chi connectivity index (χ1v) is 11.3. The highest BCUT2D eigenvalue weighted by Crippen LogP contribution is 2.35. The van der Waals surface area contributed by atoms with Crippen LogP contribution in [0.4, 0.5) is 5.82 Å². The molecule has 7 heteroatoms. The van der Waals surface area contributed by atoms with Crippen LogP contribution in [0.3, 0.4) is 0 Å². The Morgan fingerprint density at radius 2 is 2.06 bits per heavy atom. The number of nitrogens with zero attached hydrogens (tertiary/aromatic N) is 2. The Hall–Kier alpha value is -2.93. The highest BCUT2D eigenvalue weighted by molar-refractivity contribution is 9.10. The molecule has 0 spiro atoms. The maximum Gasteiger partial charge on any atom is 0.254 e. The Bertz CT molecular complexity index is 1210. The zero-order chi connectivity index (χ0) is 21.5. The Kier molecular flexibility index (Phi) is 5.14. The van der Waals surface area contributed by atoms with Gasteiger partial charge >= 0.3 is 0 Å². The van der Waals surface area contributed by atoms with Crippen molar-refractivity contribution in [3.63, 3.8) is 0 Å². The fourth-order valence-electron chi connectivity index (χ4n) is 4.17. The maximum atomic E-state index is 13.0. The number of hydrogen-bond donors (Lipinski definition) is 2. The van der Waals surface area contributed by atoms with Crippen LogP contribution >= 0.6 is 15.9 Å². The highest BCUT2D eigenvalue weighted by atomic mass is 79.9. The van der Waals surface area contributed by atoms with E-state index in [-0.39, 0.29) is 23.7 Å². The lowest BCUT2D eigenvalue weighted by Crippen LogP contribution is -2.38. The van der Waals surface area contributed by atoms with Crippen LogP contribution in [0.2, 0.25) is 0 Å². The lowest BCUT2D eigenvalue weighted by molar-refractivity contribution is -0.117.